The van der Waals surface area contributed by atoms with Crippen LogP contribution in [0.1, 0.15) is 49.7 Å². The van der Waals surface area contributed by atoms with Crippen molar-refractivity contribution in [3.63, 3.8) is 0 Å². The summed E-state index contributed by atoms with van der Waals surface area (Å²) in [6.07, 6.45) is 6.75. The van der Waals surface area contributed by atoms with Crippen molar-refractivity contribution in [3.8, 4) is 0 Å². The molecule has 1 saturated heterocycles. The van der Waals surface area contributed by atoms with Crippen molar-refractivity contribution in [2.75, 3.05) is 0 Å². The van der Waals surface area contributed by atoms with E-state index in [0.29, 0.717) is 6.54 Å². The predicted octanol–water partition coefficient (Wildman–Crippen LogP) is 3.43. The van der Waals surface area contributed by atoms with E-state index in [1.807, 2.05) is 31.2 Å². The summed E-state index contributed by atoms with van der Waals surface area (Å²) in [5, 5.41) is 4.12. The first-order valence-electron chi connectivity index (χ1n) is 9.42. The Bertz CT molecular complexity index is 855. The molecule has 1 atom stereocenters. The molecule has 2 aliphatic rings. The van der Waals surface area contributed by atoms with E-state index in [1.165, 1.54) is 0 Å². The van der Waals surface area contributed by atoms with E-state index in [-0.39, 0.29) is 24.2 Å². The number of rotatable bonds is 3. The van der Waals surface area contributed by atoms with Gasteiger partial charge in [-0.25, -0.2) is 0 Å². The third-order valence-electron chi connectivity index (χ3n) is 5.91. The fraction of sp³-hybridized carbons (Fsp3) is 0.476. The molecule has 1 unspecified atom stereocenters. The number of nitrogens with one attached hydrogen (secondary N) is 1. The fourth-order valence-corrected chi connectivity index (χ4v) is 4.48. The molecule has 2 heterocycles. The van der Waals surface area contributed by atoms with Crippen LogP contribution in [0.15, 0.2) is 30.5 Å². The Kier molecular flexibility index (Phi) is 4.39. The van der Waals surface area contributed by atoms with Crippen molar-refractivity contribution in [1.82, 2.24) is 10.3 Å². The maximum atomic E-state index is 12.9. The highest BCUT2D eigenvalue weighted by atomic mass is 16.6. The molecule has 5 heteroatoms. The third-order valence-corrected chi connectivity index (χ3v) is 5.91. The lowest BCUT2D eigenvalue weighted by atomic mass is 9.75. The summed E-state index contributed by atoms with van der Waals surface area (Å²) in [4.78, 5) is 29.2. The van der Waals surface area contributed by atoms with Crippen LogP contribution in [0.5, 0.6) is 0 Å². The van der Waals surface area contributed by atoms with Gasteiger partial charge < -0.3 is 10.1 Å². The van der Waals surface area contributed by atoms with E-state index in [1.54, 1.807) is 6.20 Å². The Hall–Kier alpha value is -2.43. The van der Waals surface area contributed by atoms with Crippen LogP contribution >= 0.6 is 0 Å². The number of hydrogen-bond donors (Lipinski definition) is 1. The number of esters is 1. The molecule has 1 saturated carbocycles. The van der Waals surface area contributed by atoms with Crippen molar-refractivity contribution >= 4 is 22.8 Å². The SMILES string of the molecule is Cc1ccc2ncccc2c1CNC(=O)C1CC(=O)OC12CCCCC2. The minimum atomic E-state index is -0.575. The van der Waals surface area contributed by atoms with Crippen LogP contribution in [-0.4, -0.2) is 22.5 Å². The van der Waals surface area contributed by atoms with Crippen molar-refractivity contribution in [2.45, 2.75) is 57.6 Å². The number of carbonyl (C=O) groups is 2. The van der Waals surface area contributed by atoms with Crippen molar-refractivity contribution in [3.05, 3.63) is 41.6 Å². The fourth-order valence-electron chi connectivity index (χ4n) is 4.48. The molecule has 0 bridgehead atoms. The van der Waals surface area contributed by atoms with Gasteiger partial charge in [0.15, 0.2) is 0 Å². The van der Waals surface area contributed by atoms with Crippen LogP contribution in [0, 0.1) is 12.8 Å². The predicted molar refractivity (Wildman–Crippen MR) is 98.3 cm³/mol. The molecule has 136 valence electrons. The Morgan fingerprint density at radius 3 is 2.88 bits per heavy atom. The number of pyridine rings is 1. The Balaban J connectivity index is 1.54. The van der Waals surface area contributed by atoms with E-state index in [9.17, 15) is 9.59 Å². The van der Waals surface area contributed by atoms with E-state index in [2.05, 4.69) is 10.3 Å². The molecule has 5 nitrogen and oxygen atoms in total. The zero-order valence-electron chi connectivity index (χ0n) is 15.1. The third kappa shape index (κ3) is 2.96. The smallest absolute Gasteiger partial charge is 0.307 e. The second-order valence-electron chi connectivity index (χ2n) is 7.51. The second-order valence-corrected chi connectivity index (χ2v) is 7.51. The molecule has 1 amide bonds. The van der Waals surface area contributed by atoms with Gasteiger partial charge in [0.05, 0.1) is 17.9 Å². The molecule has 2 aromatic rings. The Labute approximate surface area is 153 Å². The number of carbonyl (C=O) groups excluding carboxylic acids is 2. The van der Waals surface area contributed by atoms with Crippen molar-refractivity contribution in [2.24, 2.45) is 5.92 Å². The van der Waals surface area contributed by atoms with Crippen molar-refractivity contribution < 1.29 is 14.3 Å². The first-order chi connectivity index (χ1) is 12.6. The average molecular weight is 352 g/mol. The summed E-state index contributed by atoms with van der Waals surface area (Å²) in [5.41, 5.74) is 2.55. The lowest BCUT2D eigenvalue weighted by molar-refractivity contribution is -0.153. The largest absolute Gasteiger partial charge is 0.458 e. The van der Waals surface area contributed by atoms with Crippen LogP contribution in [0.3, 0.4) is 0 Å². The molecule has 0 radical (unpaired) electrons. The van der Waals surface area contributed by atoms with Gasteiger partial charge in [-0.15, -0.1) is 0 Å². The molecular weight excluding hydrogens is 328 g/mol. The highest BCUT2D eigenvalue weighted by molar-refractivity contribution is 5.89. The number of nitrogens with zero attached hydrogens (tertiary/aromatic N) is 1. The molecule has 26 heavy (non-hydrogen) atoms. The molecule has 2 fully saturated rings. The molecule has 1 aliphatic heterocycles. The van der Waals surface area contributed by atoms with Crippen LogP contribution < -0.4 is 5.32 Å². The molecule has 4 rings (SSSR count). The van der Waals surface area contributed by atoms with E-state index in [0.717, 1.165) is 54.1 Å². The van der Waals surface area contributed by atoms with Crippen LogP contribution in [-0.2, 0) is 20.9 Å². The lowest BCUT2D eigenvalue weighted by Crippen LogP contribution is -2.45. The molecular formula is C21H24N2O3. The number of hydrogen-bond acceptors (Lipinski definition) is 4. The summed E-state index contributed by atoms with van der Waals surface area (Å²) in [5.74, 6) is -0.681. The number of benzene rings is 1. The number of ether oxygens (including phenoxy) is 1. The summed E-state index contributed by atoms with van der Waals surface area (Å²) in [7, 11) is 0. The monoisotopic (exact) mass is 352 g/mol. The van der Waals surface area contributed by atoms with Crippen LogP contribution in [0.2, 0.25) is 0 Å². The van der Waals surface area contributed by atoms with E-state index in [4.69, 9.17) is 4.74 Å². The topological polar surface area (TPSA) is 68.3 Å². The number of amides is 1. The number of fused-ring (bicyclic) bond motifs is 1. The minimum absolute atomic E-state index is 0.0713. The molecule has 1 N–H and O–H groups in total. The van der Waals surface area contributed by atoms with Crippen molar-refractivity contribution in [1.29, 1.82) is 0 Å². The van der Waals surface area contributed by atoms with Crippen LogP contribution in [0.4, 0.5) is 0 Å². The quantitative estimate of drug-likeness (QED) is 0.860. The van der Waals surface area contributed by atoms with Gasteiger partial charge in [0.1, 0.15) is 5.60 Å². The van der Waals surface area contributed by atoms with Gasteiger partial charge in [-0.1, -0.05) is 18.6 Å². The standard InChI is InChI=1S/C21H24N2O3/c1-14-7-8-18-15(6-5-11-22-18)16(14)13-23-20(25)17-12-19(24)26-21(17)9-3-2-4-10-21/h5-8,11,17H,2-4,9-10,12-13H2,1H3,(H,23,25). The van der Waals surface area contributed by atoms with Gasteiger partial charge in [0, 0.05) is 18.1 Å². The number of aryl methyl sites for hydroxylation is 1. The summed E-state index contributed by atoms with van der Waals surface area (Å²) >= 11 is 0. The Morgan fingerprint density at radius 1 is 1.27 bits per heavy atom. The first-order valence-corrected chi connectivity index (χ1v) is 9.42. The van der Waals surface area contributed by atoms with E-state index < -0.39 is 5.60 Å². The highest BCUT2D eigenvalue weighted by Crippen LogP contribution is 2.44. The Morgan fingerprint density at radius 2 is 2.08 bits per heavy atom. The average Bonchev–Trinajstić information content (AvgIpc) is 2.96. The lowest BCUT2D eigenvalue weighted by Gasteiger charge is -2.36. The second kappa shape index (κ2) is 6.71. The van der Waals surface area contributed by atoms with Gasteiger partial charge in [-0.05, 0) is 55.9 Å². The van der Waals surface area contributed by atoms with E-state index >= 15 is 0 Å². The van der Waals surface area contributed by atoms with Gasteiger partial charge in [0.25, 0.3) is 0 Å². The molecule has 1 aromatic carbocycles. The highest BCUT2D eigenvalue weighted by Gasteiger charge is 2.52. The molecule has 1 aliphatic carbocycles. The normalized spacial score (nSPS) is 21.7. The van der Waals surface area contributed by atoms with Crippen LogP contribution in [0.25, 0.3) is 10.9 Å². The number of aromatic nitrogens is 1. The zero-order chi connectivity index (χ0) is 18.1. The zero-order valence-corrected chi connectivity index (χ0v) is 15.1. The summed E-state index contributed by atoms with van der Waals surface area (Å²) in [6.45, 7) is 2.48. The van der Waals surface area contributed by atoms with Gasteiger partial charge in [-0.2, -0.15) is 0 Å². The van der Waals surface area contributed by atoms with Gasteiger partial charge >= 0.3 is 5.97 Å². The summed E-state index contributed by atoms with van der Waals surface area (Å²) in [6, 6.07) is 7.97. The maximum Gasteiger partial charge on any atom is 0.307 e. The summed E-state index contributed by atoms with van der Waals surface area (Å²) < 4.78 is 5.66. The van der Waals surface area contributed by atoms with Gasteiger partial charge in [0.2, 0.25) is 5.91 Å². The minimum Gasteiger partial charge on any atom is -0.458 e. The molecule has 1 aromatic heterocycles. The molecule has 1 spiro atoms. The maximum absolute atomic E-state index is 12.9. The van der Waals surface area contributed by atoms with Gasteiger partial charge in [-0.3, -0.25) is 14.6 Å². The first kappa shape index (κ1) is 17.0.